The number of nitrogens with zero attached hydrogens (tertiary/aromatic N) is 3. The minimum atomic E-state index is -3.64. The van der Waals surface area contributed by atoms with Gasteiger partial charge in [0.1, 0.15) is 0 Å². The summed E-state index contributed by atoms with van der Waals surface area (Å²) in [5.41, 5.74) is 0.164. The minimum absolute atomic E-state index is 0.0629. The Labute approximate surface area is 175 Å². The molecule has 0 aliphatic carbocycles. The van der Waals surface area contributed by atoms with Crippen LogP contribution in [0.3, 0.4) is 0 Å². The van der Waals surface area contributed by atoms with Gasteiger partial charge in [0.25, 0.3) is 11.5 Å². The van der Waals surface area contributed by atoms with Crippen molar-refractivity contribution in [1.29, 1.82) is 0 Å². The van der Waals surface area contributed by atoms with Crippen LogP contribution in [0.4, 0.5) is 5.69 Å². The number of hydrogen-bond donors (Lipinski definition) is 1. The van der Waals surface area contributed by atoms with E-state index in [4.69, 9.17) is 0 Å². The SMILES string of the molecule is CC(C)Cn1nc(C(=O)Nc2cccc(S(=O)(=O)N(C)C)c2)c2ccccc2c1=O. The summed E-state index contributed by atoms with van der Waals surface area (Å²) in [6.07, 6.45) is 0. The largest absolute Gasteiger partial charge is 0.321 e. The summed E-state index contributed by atoms with van der Waals surface area (Å²) in [7, 11) is -0.761. The maximum absolute atomic E-state index is 13.0. The van der Waals surface area contributed by atoms with E-state index in [0.29, 0.717) is 23.0 Å². The van der Waals surface area contributed by atoms with Gasteiger partial charge in [-0.3, -0.25) is 9.59 Å². The van der Waals surface area contributed by atoms with Gasteiger partial charge in [-0.2, -0.15) is 5.10 Å². The second-order valence-electron chi connectivity index (χ2n) is 7.54. The molecule has 0 unspecified atom stereocenters. The molecule has 0 aliphatic heterocycles. The maximum Gasteiger partial charge on any atom is 0.276 e. The molecule has 0 atom stereocenters. The summed E-state index contributed by atoms with van der Waals surface area (Å²) in [5, 5.41) is 7.85. The zero-order chi connectivity index (χ0) is 22.1. The molecule has 1 heterocycles. The third-order valence-electron chi connectivity index (χ3n) is 4.49. The van der Waals surface area contributed by atoms with E-state index < -0.39 is 15.9 Å². The van der Waals surface area contributed by atoms with Crippen molar-refractivity contribution < 1.29 is 13.2 Å². The van der Waals surface area contributed by atoms with Gasteiger partial charge >= 0.3 is 0 Å². The van der Waals surface area contributed by atoms with Crippen LogP contribution in [0.1, 0.15) is 24.3 Å². The zero-order valence-electron chi connectivity index (χ0n) is 17.3. The third-order valence-corrected chi connectivity index (χ3v) is 6.30. The van der Waals surface area contributed by atoms with Crippen molar-refractivity contribution in [3.63, 3.8) is 0 Å². The fraction of sp³-hybridized carbons (Fsp3) is 0.286. The number of carbonyl (C=O) groups is 1. The van der Waals surface area contributed by atoms with Gasteiger partial charge in [0.2, 0.25) is 10.0 Å². The second-order valence-corrected chi connectivity index (χ2v) is 9.70. The van der Waals surface area contributed by atoms with E-state index >= 15 is 0 Å². The van der Waals surface area contributed by atoms with E-state index in [-0.39, 0.29) is 22.1 Å². The molecule has 0 radical (unpaired) electrons. The molecule has 0 bridgehead atoms. The topological polar surface area (TPSA) is 101 Å². The number of anilines is 1. The highest BCUT2D eigenvalue weighted by Gasteiger charge is 2.20. The van der Waals surface area contributed by atoms with E-state index in [1.807, 2.05) is 13.8 Å². The molecule has 0 saturated heterocycles. The van der Waals surface area contributed by atoms with Crippen molar-refractivity contribution in [3.8, 4) is 0 Å². The Bertz CT molecular complexity index is 1260. The number of benzene rings is 2. The fourth-order valence-corrected chi connectivity index (χ4v) is 3.96. The summed E-state index contributed by atoms with van der Waals surface area (Å²) >= 11 is 0. The molecule has 3 rings (SSSR count). The van der Waals surface area contributed by atoms with E-state index in [1.54, 1.807) is 36.4 Å². The molecule has 8 nitrogen and oxygen atoms in total. The predicted molar refractivity (Wildman–Crippen MR) is 116 cm³/mol. The Morgan fingerprint density at radius 1 is 1.10 bits per heavy atom. The van der Waals surface area contributed by atoms with E-state index in [1.165, 1.54) is 30.9 Å². The number of sulfonamides is 1. The van der Waals surface area contributed by atoms with Crippen molar-refractivity contribution in [2.24, 2.45) is 5.92 Å². The second kappa shape index (κ2) is 8.37. The Morgan fingerprint density at radius 3 is 2.40 bits per heavy atom. The molecule has 1 amide bonds. The number of fused-ring (bicyclic) bond motifs is 1. The van der Waals surface area contributed by atoms with Gasteiger partial charge in [0.15, 0.2) is 5.69 Å². The normalized spacial score (nSPS) is 11.9. The lowest BCUT2D eigenvalue weighted by molar-refractivity contribution is 0.102. The van der Waals surface area contributed by atoms with E-state index in [2.05, 4.69) is 10.4 Å². The van der Waals surface area contributed by atoms with Gasteiger partial charge in [0, 0.05) is 31.7 Å². The average molecular weight is 429 g/mol. The van der Waals surface area contributed by atoms with Crippen molar-refractivity contribution in [2.45, 2.75) is 25.3 Å². The Morgan fingerprint density at radius 2 is 1.77 bits per heavy atom. The summed E-state index contributed by atoms with van der Waals surface area (Å²) in [5.74, 6) is -0.358. The van der Waals surface area contributed by atoms with Crippen molar-refractivity contribution >= 4 is 32.4 Å². The van der Waals surface area contributed by atoms with E-state index in [0.717, 1.165) is 4.31 Å². The highest BCUT2D eigenvalue weighted by Crippen LogP contribution is 2.20. The van der Waals surface area contributed by atoms with Gasteiger partial charge < -0.3 is 5.32 Å². The monoisotopic (exact) mass is 428 g/mol. The van der Waals surface area contributed by atoms with E-state index in [9.17, 15) is 18.0 Å². The van der Waals surface area contributed by atoms with Gasteiger partial charge in [-0.25, -0.2) is 17.4 Å². The molecule has 0 aliphatic rings. The van der Waals surface area contributed by atoms with Gasteiger partial charge in [-0.15, -0.1) is 0 Å². The van der Waals surface area contributed by atoms with Gasteiger partial charge in [-0.1, -0.05) is 38.1 Å². The summed E-state index contributed by atoms with van der Waals surface area (Å²) in [6, 6.07) is 12.8. The summed E-state index contributed by atoms with van der Waals surface area (Å²) < 4.78 is 27.1. The molecular weight excluding hydrogens is 404 g/mol. The molecule has 1 aromatic heterocycles. The average Bonchev–Trinajstić information content (AvgIpc) is 2.70. The smallest absolute Gasteiger partial charge is 0.276 e. The summed E-state index contributed by atoms with van der Waals surface area (Å²) in [6.45, 7) is 4.29. The zero-order valence-corrected chi connectivity index (χ0v) is 18.1. The van der Waals surface area contributed by atoms with Gasteiger partial charge in [0.05, 0.1) is 10.3 Å². The first-order valence-electron chi connectivity index (χ1n) is 9.45. The predicted octanol–water partition coefficient (Wildman–Crippen LogP) is 2.56. The first-order valence-corrected chi connectivity index (χ1v) is 10.9. The van der Waals surface area contributed by atoms with Crippen LogP contribution in [0, 0.1) is 5.92 Å². The molecule has 3 aromatic rings. The molecule has 9 heteroatoms. The lowest BCUT2D eigenvalue weighted by Crippen LogP contribution is -2.29. The molecular formula is C21H24N4O4S. The van der Waals surface area contributed by atoms with Crippen LogP contribution < -0.4 is 10.9 Å². The number of rotatable bonds is 6. The van der Waals surface area contributed by atoms with Crippen molar-refractivity contribution in [3.05, 3.63) is 64.6 Å². The van der Waals surface area contributed by atoms with Crippen molar-refractivity contribution in [2.75, 3.05) is 19.4 Å². The van der Waals surface area contributed by atoms with Crippen LogP contribution in [-0.4, -0.2) is 42.5 Å². The van der Waals surface area contributed by atoms with Crippen LogP contribution in [0.5, 0.6) is 0 Å². The Kier molecular flexibility index (Phi) is 6.04. The first kappa shape index (κ1) is 21.7. The highest BCUT2D eigenvalue weighted by atomic mass is 32.2. The van der Waals surface area contributed by atoms with Crippen LogP contribution in [0.15, 0.2) is 58.2 Å². The number of carbonyl (C=O) groups excluding carboxylic acids is 1. The fourth-order valence-electron chi connectivity index (χ4n) is 3.01. The first-order chi connectivity index (χ1) is 14.1. The molecule has 0 fully saturated rings. The lowest BCUT2D eigenvalue weighted by Gasteiger charge is -2.14. The highest BCUT2D eigenvalue weighted by molar-refractivity contribution is 7.89. The van der Waals surface area contributed by atoms with Crippen LogP contribution >= 0.6 is 0 Å². The quantitative estimate of drug-likeness (QED) is 0.650. The van der Waals surface area contributed by atoms with Crippen LogP contribution in [0.2, 0.25) is 0 Å². The molecule has 0 saturated carbocycles. The maximum atomic E-state index is 13.0. The van der Waals surface area contributed by atoms with Crippen molar-refractivity contribution in [1.82, 2.24) is 14.1 Å². The van der Waals surface area contributed by atoms with Crippen LogP contribution in [-0.2, 0) is 16.6 Å². The molecule has 2 aromatic carbocycles. The third kappa shape index (κ3) is 4.27. The lowest BCUT2D eigenvalue weighted by atomic mass is 10.1. The standard InChI is InChI=1S/C21H24N4O4S/c1-14(2)13-25-21(27)18-11-6-5-10-17(18)19(23-25)20(26)22-15-8-7-9-16(12-15)30(28,29)24(3)4/h5-12,14H,13H2,1-4H3,(H,22,26). The molecule has 0 spiro atoms. The number of hydrogen-bond acceptors (Lipinski definition) is 5. The van der Waals surface area contributed by atoms with Gasteiger partial charge in [-0.05, 0) is 30.2 Å². The molecule has 158 valence electrons. The number of aromatic nitrogens is 2. The number of amides is 1. The molecule has 30 heavy (non-hydrogen) atoms. The number of nitrogens with one attached hydrogen (secondary N) is 1. The Hall–Kier alpha value is -3.04. The molecule has 1 N–H and O–H groups in total. The minimum Gasteiger partial charge on any atom is -0.321 e. The Balaban J connectivity index is 2.04. The summed E-state index contributed by atoms with van der Waals surface area (Å²) in [4.78, 5) is 25.8. The van der Waals surface area contributed by atoms with Crippen LogP contribution in [0.25, 0.3) is 10.8 Å².